The van der Waals surface area contributed by atoms with Crippen LogP contribution in [0, 0.1) is 5.82 Å². The molecule has 14 heteroatoms. The second-order valence-corrected chi connectivity index (χ2v) is 11.7. The Morgan fingerprint density at radius 2 is 1.94 bits per heavy atom. The zero-order valence-corrected chi connectivity index (χ0v) is 19.7. The van der Waals surface area contributed by atoms with Crippen molar-refractivity contribution in [1.82, 2.24) is 14.1 Å². The van der Waals surface area contributed by atoms with Crippen LogP contribution in [0.2, 0.25) is 0 Å². The zero-order valence-electron chi connectivity index (χ0n) is 18.1. The van der Waals surface area contributed by atoms with Crippen molar-refractivity contribution in [2.75, 3.05) is 23.7 Å². The number of aromatic nitrogens is 2. The second-order valence-electron chi connectivity index (χ2n) is 7.94. The molecule has 1 amide bonds. The number of hydrogen-bond acceptors (Lipinski definition) is 8. The van der Waals surface area contributed by atoms with Crippen molar-refractivity contribution >= 4 is 48.1 Å². The Hall–Kier alpha value is -3.52. The molecule has 1 aromatic carbocycles. The van der Waals surface area contributed by atoms with Crippen molar-refractivity contribution in [3.63, 3.8) is 0 Å². The summed E-state index contributed by atoms with van der Waals surface area (Å²) in [4.78, 5) is 18.3. The summed E-state index contributed by atoms with van der Waals surface area (Å²) in [5.74, 6) is -2.90. The van der Waals surface area contributed by atoms with Crippen LogP contribution in [0.1, 0.15) is 17.5 Å². The van der Waals surface area contributed by atoms with Gasteiger partial charge < -0.3 is 9.32 Å². The highest BCUT2D eigenvalue weighted by Crippen LogP contribution is 2.31. The lowest BCUT2D eigenvalue weighted by Gasteiger charge is -2.36. The Balaban J connectivity index is 1.52. The number of rotatable bonds is 6. The maximum atomic E-state index is 14.6. The van der Waals surface area contributed by atoms with Gasteiger partial charge in [0.15, 0.2) is 25.6 Å². The molecule has 1 fully saturated rings. The van der Waals surface area contributed by atoms with Gasteiger partial charge in [-0.15, -0.1) is 0 Å². The van der Waals surface area contributed by atoms with Crippen LogP contribution in [0.5, 0.6) is 0 Å². The quantitative estimate of drug-likeness (QED) is 0.407. The Morgan fingerprint density at radius 1 is 1.20 bits per heavy atom. The van der Waals surface area contributed by atoms with Crippen molar-refractivity contribution < 1.29 is 34.8 Å². The van der Waals surface area contributed by atoms with Gasteiger partial charge in [-0.1, -0.05) is 13.0 Å². The maximum Gasteiger partial charge on any atom is 0.300 e. The molecule has 0 atom stereocenters. The molecule has 1 saturated heterocycles. The number of amides is 1. The summed E-state index contributed by atoms with van der Waals surface area (Å²) in [5.41, 5.74) is 0.374. The van der Waals surface area contributed by atoms with Crippen molar-refractivity contribution in [1.29, 1.82) is 0 Å². The van der Waals surface area contributed by atoms with Crippen molar-refractivity contribution in [2.45, 2.75) is 23.1 Å². The molecule has 3 aromatic heterocycles. The molecule has 4 heterocycles. The molecular weight excluding hydrogens is 506 g/mol. The molecule has 4 aromatic rings. The molecule has 184 valence electrons. The van der Waals surface area contributed by atoms with Gasteiger partial charge in [-0.2, -0.15) is 8.42 Å². The molecule has 0 bridgehead atoms. The Bertz CT molecular complexity index is 1710. The maximum absolute atomic E-state index is 14.6. The van der Waals surface area contributed by atoms with E-state index in [1.807, 2.05) is 0 Å². The Morgan fingerprint density at radius 3 is 2.63 bits per heavy atom. The van der Waals surface area contributed by atoms with Gasteiger partial charge >= 0.3 is 5.91 Å². The molecule has 0 spiro atoms. The number of alkyl halides is 1. The number of imidazole rings is 1. The van der Waals surface area contributed by atoms with Crippen LogP contribution in [-0.4, -0.2) is 57.1 Å². The summed E-state index contributed by atoms with van der Waals surface area (Å²) in [5, 5.41) is -1.50. The third-order valence-corrected chi connectivity index (χ3v) is 8.73. The number of nitrogens with one attached hydrogen (secondary N) is 1. The molecule has 0 radical (unpaired) electrons. The molecule has 1 aliphatic heterocycles. The van der Waals surface area contributed by atoms with E-state index < -0.39 is 59.3 Å². The van der Waals surface area contributed by atoms with Gasteiger partial charge in [-0.05, 0) is 18.2 Å². The van der Waals surface area contributed by atoms with E-state index in [1.165, 1.54) is 37.4 Å². The molecule has 35 heavy (non-hydrogen) atoms. The smallest absolute Gasteiger partial charge is 0.300 e. The van der Waals surface area contributed by atoms with Crippen LogP contribution >= 0.6 is 0 Å². The molecular formula is C21H18F2N4O6S2. The number of carbonyl (C=O) groups excluding carboxylic acids is 1. The van der Waals surface area contributed by atoms with E-state index in [-0.39, 0.29) is 29.7 Å². The van der Waals surface area contributed by atoms with Crippen LogP contribution < -0.4 is 9.62 Å². The summed E-state index contributed by atoms with van der Waals surface area (Å²) in [6.07, 6.45) is 0.282. The minimum atomic E-state index is -4.77. The number of sulfone groups is 1. The minimum absolute atomic E-state index is 0.0334. The van der Waals surface area contributed by atoms with Gasteiger partial charge in [0.2, 0.25) is 0 Å². The average molecular weight is 525 g/mol. The fraction of sp³-hybridized carbons (Fsp3) is 0.238. The topological polar surface area (TPSA) is 131 Å². The summed E-state index contributed by atoms with van der Waals surface area (Å²) in [6, 6.07) is 8.06. The largest absolute Gasteiger partial charge is 0.451 e. The number of nitrogens with zero attached hydrogens (tertiary/aromatic N) is 3. The van der Waals surface area contributed by atoms with Crippen molar-refractivity contribution in [2.24, 2.45) is 0 Å². The normalized spacial score (nSPS) is 15.0. The number of anilines is 1. The monoisotopic (exact) mass is 524 g/mol. The predicted molar refractivity (Wildman–Crippen MR) is 121 cm³/mol. The van der Waals surface area contributed by atoms with Crippen LogP contribution in [0.15, 0.2) is 57.1 Å². The number of fused-ring (bicyclic) bond motifs is 2. The first-order valence-electron chi connectivity index (χ1n) is 10.4. The van der Waals surface area contributed by atoms with E-state index in [1.54, 1.807) is 15.7 Å². The van der Waals surface area contributed by atoms with Crippen LogP contribution in [-0.2, 0) is 19.9 Å². The molecule has 1 aliphatic rings. The lowest BCUT2D eigenvalue weighted by molar-refractivity contribution is 0.0956. The van der Waals surface area contributed by atoms with Gasteiger partial charge in [0, 0.05) is 24.0 Å². The van der Waals surface area contributed by atoms with E-state index in [4.69, 9.17) is 4.42 Å². The molecule has 10 nitrogen and oxygen atoms in total. The van der Waals surface area contributed by atoms with Gasteiger partial charge in [0.25, 0.3) is 10.0 Å². The number of sulfonamides is 1. The lowest BCUT2D eigenvalue weighted by Crippen LogP contribution is -2.48. The minimum Gasteiger partial charge on any atom is -0.451 e. The molecule has 5 rings (SSSR count). The zero-order chi connectivity index (χ0) is 25.1. The Labute approximate surface area is 198 Å². The fourth-order valence-corrected chi connectivity index (χ4v) is 6.48. The van der Waals surface area contributed by atoms with Gasteiger partial charge in [-0.3, -0.25) is 9.20 Å². The highest BCUT2D eigenvalue weighted by Gasteiger charge is 2.34. The first-order chi connectivity index (χ1) is 16.5. The van der Waals surface area contributed by atoms with E-state index in [9.17, 15) is 30.4 Å². The summed E-state index contributed by atoms with van der Waals surface area (Å²) in [6.45, 7) is 1.53. The second kappa shape index (κ2) is 8.02. The molecule has 1 N–H and O–H groups in total. The third-order valence-electron chi connectivity index (χ3n) is 5.61. The van der Waals surface area contributed by atoms with E-state index in [0.29, 0.717) is 5.69 Å². The van der Waals surface area contributed by atoms with E-state index in [2.05, 4.69) is 4.98 Å². The molecule has 0 unspecified atom stereocenters. The first kappa shape index (κ1) is 23.2. The van der Waals surface area contributed by atoms with Gasteiger partial charge in [0.1, 0.15) is 23.2 Å². The highest BCUT2D eigenvalue weighted by molar-refractivity contribution is 7.93. The van der Waals surface area contributed by atoms with Crippen molar-refractivity contribution in [3.05, 3.63) is 54.2 Å². The third kappa shape index (κ3) is 3.91. The molecule has 0 aliphatic carbocycles. The number of carbonyl (C=O) groups is 1. The van der Waals surface area contributed by atoms with E-state index >= 15 is 0 Å². The summed E-state index contributed by atoms with van der Waals surface area (Å²) in [7, 11) is -8.85. The number of halogens is 2. The highest BCUT2D eigenvalue weighted by atomic mass is 32.2. The SMILES string of the molecule is CCS(=O)(=O)c1nc2ccccn2c1S(=O)(=O)NC(=O)c1cc2c(F)cc(N3CC(F)C3)cc2o1. The van der Waals surface area contributed by atoms with Gasteiger partial charge in [-0.25, -0.2) is 26.9 Å². The number of pyridine rings is 1. The summed E-state index contributed by atoms with van der Waals surface area (Å²) >= 11 is 0. The van der Waals surface area contributed by atoms with E-state index in [0.717, 1.165) is 10.5 Å². The standard InChI is InChI=1S/C21H18F2N4O6S2/c1-2-34(29,30)20-21(27-6-4-3-5-18(27)24-20)35(31,32)25-19(28)17-9-14-15(23)7-13(8-16(14)33-17)26-10-12(22)11-26/h3-9,12H,2,10-11H2,1H3,(H,25,28). The average Bonchev–Trinajstić information content (AvgIpc) is 3.39. The van der Waals surface area contributed by atoms with Crippen LogP contribution in [0.4, 0.5) is 14.5 Å². The fourth-order valence-electron chi connectivity index (χ4n) is 3.77. The predicted octanol–water partition coefficient (Wildman–Crippen LogP) is 2.29. The first-order valence-corrected chi connectivity index (χ1v) is 13.5. The summed E-state index contributed by atoms with van der Waals surface area (Å²) < 4.78 is 87.4. The van der Waals surface area contributed by atoms with Gasteiger partial charge in [0.05, 0.1) is 24.2 Å². The van der Waals surface area contributed by atoms with Crippen LogP contribution in [0.25, 0.3) is 16.6 Å². The number of hydrogen-bond donors (Lipinski definition) is 1. The van der Waals surface area contributed by atoms with Crippen molar-refractivity contribution in [3.8, 4) is 0 Å². The lowest BCUT2D eigenvalue weighted by atomic mass is 10.1. The molecule has 0 saturated carbocycles. The number of furan rings is 1. The number of benzene rings is 1. The van der Waals surface area contributed by atoms with Crippen LogP contribution in [0.3, 0.4) is 0 Å². The Kier molecular flexibility index (Phi) is 5.32.